The number of anilines is 1. The number of benzene rings is 1. The van der Waals surface area contributed by atoms with Crippen LogP contribution in [-0.4, -0.2) is 21.2 Å². The second-order valence-electron chi connectivity index (χ2n) is 2.97. The molecule has 0 fully saturated rings. The topological polar surface area (TPSA) is 40.6 Å². The number of rotatable bonds is 2. The molecule has 5 heteroatoms. The van der Waals surface area contributed by atoms with Gasteiger partial charge in [-0.15, -0.1) is 0 Å². The zero-order valence-corrected chi connectivity index (χ0v) is 9.04. The average Bonchev–Trinajstić information content (AvgIpc) is 2.17. The number of methoxy groups -OCH3 is 1. The molecular weight excluding hydrogens is 202 g/mol. The number of diazo groups is 1. The van der Waals surface area contributed by atoms with Crippen molar-refractivity contribution >= 4 is 23.0 Å². The van der Waals surface area contributed by atoms with Crippen LogP contribution in [0, 0.1) is 5.39 Å². The molecule has 0 aromatic heterocycles. The first-order valence-corrected chi connectivity index (χ1v) is 4.38. The van der Waals surface area contributed by atoms with Gasteiger partial charge in [0.05, 0.1) is 18.9 Å². The minimum absolute atomic E-state index is 0.300. The molecule has 0 aliphatic rings. The Morgan fingerprint density at radius 3 is 2.50 bits per heavy atom. The fourth-order valence-corrected chi connectivity index (χ4v) is 1.32. The summed E-state index contributed by atoms with van der Waals surface area (Å²) in [5, 5.41) is 9.03. The van der Waals surface area contributed by atoms with Crippen LogP contribution in [0.1, 0.15) is 0 Å². The molecule has 74 valence electrons. The molecule has 0 bridgehead atoms. The highest BCUT2D eigenvalue weighted by molar-refractivity contribution is 6.33. The number of hydrogen-bond donors (Lipinski definition) is 0. The Labute approximate surface area is 87.7 Å². The lowest BCUT2D eigenvalue weighted by Crippen LogP contribution is -2.09. The summed E-state index contributed by atoms with van der Waals surface area (Å²) < 4.78 is 5.13. The van der Waals surface area contributed by atoms with Gasteiger partial charge in [-0.1, -0.05) is 11.6 Å². The van der Waals surface area contributed by atoms with Crippen molar-refractivity contribution in [1.82, 2.24) is 0 Å². The van der Waals surface area contributed by atoms with Crippen molar-refractivity contribution in [1.29, 1.82) is 5.39 Å². The van der Waals surface area contributed by atoms with Crippen LogP contribution in [0.3, 0.4) is 0 Å². The van der Waals surface area contributed by atoms with Gasteiger partial charge in [-0.2, -0.15) is 0 Å². The first kappa shape index (κ1) is 10.6. The van der Waals surface area contributed by atoms with Crippen LogP contribution >= 0.6 is 11.6 Å². The van der Waals surface area contributed by atoms with Crippen molar-refractivity contribution in [2.24, 2.45) is 0 Å². The Hall–Kier alpha value is -1.47. The molecule has 0 saturated carbocycles. The van der Waals surface area contributed by atoms with E-state index in [-0.39, 0.29) is 0 Å². The van der Waals surface area contributed by atoms with Crippen molar-refractivity contribution in [3.8, 4) is 5.75 Å². The fourth-order valence-electron chi connectivity index (χ4n) is 1.12. The Kier molecular flexibility index (Phi) is 3.15. The van der Waals surface area contributed by atoms with Crippen molar-refractivity contribution in [2.75, 3.05) is 26.1 Å². The Balaban J connectivity index is 3.33. The quantitative estimate of drug-likeness (QED) is 0.708. The van der Waals surface area contributed by atoms with Crippen LogP contribution in [0.4, 0.5) is 11.4 Å². The number of ether oxygens (including phenoxy) is 1. The van der Waals surface area contributed by atoms with E-state index in [0.717, 1.165) is 5.69 Å². The Morgan fingerprint density at radius 1 is 1.43 bits per heavy atom. The number of halogens is 1. The van der Waals surface area contributed by atoms with Crippen molar-refractivity contribution in [2.45, 2.75) is 0 Å². The van der Waals surface area contributed by atoms with Crippen LogP contribution in [-0.2, 0) is 0 Å². The SMILES string of the molecule is COc1cc([N+]#N)c(Cl)cc1N(C)C. The van der Waals surface area contributed by atoms with Gasteiger partial charge in [0.15, 0.2) is 4.98 Å². The smallest absolute Gasteiger partial charge is 0.407 e. The van der Waals surface area contributed by atoms with E-state index in [9.17, 15) is 0 Å². The average molecular weight is 213 g/mol. The van der Waals surface area contributed by atoms with E-state index in [4.69, 9.17) is 21.7 Å². The Morgan fingerprint density at radius 2 is 2.07 bits per heavy atom. The summed E-state index contributed by atoms with van der Waals surface area (Å²) in [4.78, 5) is 4.92. The molecule has 1 aromatic rings. The van der Waals surface area contributed by atoms with Gasteiger partial charge in [0, 0.05) is 14.1 Å². The molecule has 0 aliphatic carbocycles. The molecule has 0 heterocycles. The van der Waals surface area contributed by atoms with Crippen molar-refractivity contribution in [3.05, 3.63) is 22.1 Å². The maximum atomic E-state index is 8.64. The van der Waals surface area contributed by atoms with E-state index in [1.165, 1.54) is 0 Å². The van der Waals surface area contributed by atoms with Gasteiger partial charge in [0.1, 0.15) is 10.8 Å². The van der Waals surface area contributed by atoms with Gasteiger partial charge in [-0.05, 0) is 6.07 Å². The first-order chi connectivity index (χ1) is 6.60. The van der Waals surface area contributed by atoms with Gasteiger partial charge in [-0.25, -0.2) is 0 Å². The summed E-state index contributed by atoms with van der Waals surface area (Å²) in [5.41, 5.74) is 1.14. The van der Waals surface area contributed by atoms with E-state index >= 15 is 0 Å². The third-order valence-corrected chi connectivity index (χ3v) is 2.14. The van der Waals surface area contributed by atoms with Crippen LogP contribution in [0.5, 0.6) is 5.75 Å². The summed E-state index contributed by atoms with van der Waals surface area (Å²) >= 11 is 5.87. The standard InChI is InChI=1S/C9H11ClN3O/c1-13(2)8-4-6(10)7(12-11)5-9(8)14-3/h4-5H,1-3H3/q+1. The normalized spacial score (nSPS) is 9.36. The predicted octanol–water partition coefficient (Wildman–Crippen LogP) is 2.90. The molecule has 0 N–H and O–H groups in total. The predicted molar refractivity (Wildman–Crippen MR) is 57.1 cm³/mol. The largest absolute Gasteiger partial charge is 0.494 e. The van der Waals surface area contributed by atoms with Crippen LogP contribution in [0.25, 0.3) is 4.98 Å². The lowest BCUT2D eigenvalue weighted by molar-refractivity contribution is 0.415. The molecule has 0 amide bonds. The van der Waals surface area contributed by atoms with Crippen LogP contribution in [0.2, 0.25) is 5.02 Å². The molecule has 4 nitrogen and oxygen atoms in total. The molecule has 1 aromatic carbocycles. The molecule has 1 rings (SSSR count). The fraction of sp³-hybridized carbons (Fsp3) is 0.333. The molecule has 0 aliphatic heterocycles. The summed E-state index contributed by atoms with van der Waals surface area (Å²) in [6.07, 6.45) is 0. The summed E-state index contributed by atoms with van der Waals surface area (Å²) in [6.45, 7) is 0. The third kappa shape index (κ3) is 1.88. The van der Waals surface area contributed by atoms with Gasteiger partial charge in [0.2, 0.25) is 5.39 Å². The Bertz CT molecular complexity index is 384. The maximum Gasteiger partial charge on any atom is 0.407 e. The van der Waals surface area contributed by atoms with Crippen LogP contribution in [0.15, 0.2) is 12.1 Å². The van der Waals surface area contributed by atoms with E-state index in [1.807, 2.05) is 19.0 Å². The first-order valence-electron chi connectivity index (χ1n) is 4.00. The van der Waals surface area contributed by atoms with E-state index in [1.54, 1.807) is 19.2 Å². The highest BCUT2D eigenvalue weighted by atomic mass is 35.5. The molecule has 0 spiro atoms. The van der Waals surface area contributed by atoms with Gasteiger partial charge in [-0.3, -0.25) is 0 Å². The van der Waals surface area contributed by atoms with E-state index in [0.29, 0.717) is 16.5 Å². The molecule has 0 saturated heterocycles. The third-order valence-electron chi connectivity index (χ3n) is 1.84. The summed E-state index contributed by atoms with van der Waals surface area (Å²) in [5.74, 6) is 0.618. The van der Waals surface area contributed by atoms with Gasteiger partial charge >= 0.3 is 5.69 Å². The number of hydrogen-bond acceptors (Lipinski definition) is 3. The number of nitrogens with zero attached hydrogens (tertiary/aromatic N) is 3. The maximum absolute atomic E-state index is 8.64. The highest BCUT2D eigenvalue weighted by Gasteiger charge is 2.18. The van der Waals surface area contributed by atoms with Crippen molar-refractivity contribution in [3.63, 3.8) is 0 Å². The van der Waals surface area contributed by atoms with Crippen LogP contribution < -0.4 is 9.64 Å². The lowest BCUT2D eigenvalue weighted by Gasteiger charge is -2.15. The second kappa shape index (κ2) is 4.16. The zero-order valence-electron chi connectivity index (χ0n) is 8.28. The van der Waals surface area contributed by atoms with Gasteiger partial charge < -0.3 is 9.64 Å². The van der Waals surface area contributed by atoms with E-state index < -0.39 is 0 Å². The summed E-state index contributed by atoms with van der Waals surface area (Å²) in [7, 11) is 5.31. The summed E-state index contributed by atoms with van der Waals surface area (Å²) in [6, 6.07) is 3.27. The molecule has 0 radical (unpaired) electrons. The highest BCUT2D eigenvalue weighted by Crippen LogP contribution is 2.37. The molecule has 0 atom stereocenters. The lowest BCUT2D eigenvalue weighted by atomic mass is 10.2. The monoisotopic (exact) mass is 212 g/mol. The van der Waals surface area contributed by atoms with E-state index in [2.05, 4.69) is 4.98 Å². The molecule has 14 heavy (non-hydrogen) atoms. The van der Waals surface area contributed by atoms with Crippen molar-refractivity contribution < 1.29 is 4.74 Å². The minimum Gasteiger partial charge on any atom is -0.494 e. The second-order valence-corrected chi connectivity index (χ2v) is 3.38. The zero-order chi connectivity index (χ0) is 10.7. The van der Waals surface area contributed by atoms with Gasteiger partial charge in [0.25, 0.3) is 0 Å². The minimum atomic E-state index is 0.300. The molecule has 0 unspecified atom stereocenters. The molecular formula is C9H11ClN3O+.